The molecule has 0 radical (unpaired) electrons. The quantitative estimate of drug-likeness (QED) is 0.538. The van der Waals surface area contributed by atoms with Crippen LogP contribution in [0.25, 0.3) is 16.3 Å². The monoisotopic (exact) mass is 473 g/mol. The van der Waals surface area contributed by atoms with Crippen LogP contribution in [0.2, 0.25) is 5.02 Å². The standard InChI is InChI=1S/C19H15ClF3N3O4S/c1-4-30-17(28)15-9(2)24-16(31-15)11-7-10(5-6-12(11)20)26-14(27)8-13(19(21,22)23)25(3)18(26)29/h5-8H,4H2,1-3H3. The van der Waals surface area contributed by atoms with E-state index < -0.39 is 29.1 Å². The third kappa shape index (κ3) is 4.28. The molecular weight excluding hydrogens is 459 g/mol. The molecule has 0 aliphatic heterocycles. The molecule has 0 saturated carbocycles. The summed E-state index contributed by atoms with van der Waals surface area (Å²) >= 11 is 7.25. The molecule has 0 saturated heterocycles. The van der Waals surface area contributed by atoms with Gasteiger partial charge in [-0.25, -0.2) is 19.1 Å². The Balaban J connectivity index is 2.17. The van der Waals surface area contributed by atoms with Crippen molar-refractivity contribution in [2.24, 2.45) is 7.05 Å². The van der Waals surface area contributed by atoms with E-state index >= 15 is 0 Å². The minimum atomic E-state index is -4.86. The third-order valence-corrected chi connectivity index (χ3v) is 5.81. The Morgan fingerprint density at radius 2 is 1.94 bits per heavy atom. The Bertz CT molecular complexity index is 1290. The summed E-state index contributed by atoms with van der Waals surface area (Å²) in [5.41, 5.74) is -2.96. The van der Waals surface area contributed by atoms with E-state index in [1.165, 1.54) is 18.2 Å². The van der Waals surface area contributed by atoms with Crippen LogP contribution in [0.5, 0.6) is 0 Å². The van der Waals surface area contributed by atoms with Gasteiger partial charge in [-0.2, -0.15) is 13.2 Å². The van der Waals surface area contributed by atoms with Gasteiger partial charge in [0.05, 0.1) is 23.0 Å². The lowest BCUT2D eigenvalue weighted by molar-refractivity contribution is -0.144. The van der Waals surface area contributed by atoms with Gasteiger partial charge in [-0.1, -0.05) is 11.6 Å². The summed E-state index contributed by atoms with van der Waals surface area (Å²) in [7, 11) is 0.924. The van der Waals surface area contributed by atoms with Crippen LogP contribution < -0.4 is 11.2 Å². The number of thiazole rings is 1. The highest BCUT2D eigenvalue weighted by Gasteiger charge is 2.35. The molecule has 7 nitrogen and oxygen atoms in total. The largest absolute Gasteiger partial charge is 0.462 e. The molecule has 3 aromatic rings. The van der Waals surface area contributed by atoms with Gasteiger partial charge in [-0.15, -0.1) is 11.3 Å². The lowest BCUT2D eigenvalue weighted by atomic mass is 10.2. The van der Waals surface area contributed by atoms with Gasteiger partial charge in [0.25, 0.3) is 5.56 Å². The van der Waals surface area contributed by atoms with Crippen LogP contribution in [0.4, 0.5) is 13.2 Å². The van der Waals surface area contributed by atoms with E-state index in [9.17, 15) is 27.6 Å². The second-order valence-electron chi connectivity index (χ2n) is 6.36. The number of hydrogen-bond donors (Lipinski definition) is 0. The van der Waals surface area contributed by atoms with Crippen LogP contribution in [0.1, 0.15) is 28.0 Å². The van der Waals surface area contributed by atoms with Crippen LogP contribution in [-0.4, -0.2) is 26.7 Å². The molecule has 0 amide bonds. The van der Waals surface area contributed by atoms with E-state index in [1.54, 1.807) is 13.8 Å². The second-order valence-corrected chi connectivity index (χ2v) is 7.77. The Kier molecular flexibility index (Phi) is 6.10. The number of aryl methyl sites for hydroxylation is 1. The minimum absolute atomic E-state index is 0.00395. The number of ether oxygens (including phenoxy) is 1. The van der Waals surface area contributed by atoms with Crippen LogP contribution in [0.15, 0.2) is 33.9 Å². The molecule has 12 heteroatoms. The number of esters is 1. The number of benzene rings is 1. The molecule has 0 fully saturated rings. The van der Waals surface area contributed by atoms with Crippen molar-refractivity contribution in [2.75, 3.05) is 6.61 Å². The summed E-state index contributed by atoms with van der Waals surface area (Å²) in [5, 5.41) is 0.536. The Hall–Kier alpha value is -2.92. The first kappa shape index (κ1) is 22.8. The van der Waals surface area contributed by atoms with Crippen LogP contribution in [-0.2, 0) is 18.0 Å². The van der Waals surface area contributed by atoms with Gasteiger partial charge in [0.2, 0.25) is 0 Å². The molecule has 2 heterocycles. The number of halogens is 4. The van der Waals surface area contributed by atoms with Crippen LogP contribution >= 0.6 is 22.9 Å². The number of nitrogens with zero attached hydrogens (tertiary/aromatic N) is 3. The average molecular weight is 474 g/mol. The normalized spacial score (nSPS) is 11.6. The Morgan fingerprint density at radius 1 is 1.26 bits per heavy atom. The molecule has 31 heavy (non-hydrogen) atoms. The van der Waals surface area contributed by atoms with Gasteiger partial charge in [0.1, 0.15) is 15.6 Å². The Labute approximate surface area is 182 Å². The maximum Gasteiger partial charge on any atom is 0.431 e. The first-order chi connectivity index (χ1) is 14.5. The number of alkyl halides is 3. The summed E-state index contributed by atoms with van der Waals surface area (Å²) in [6, 6.07) is 4.42. The van der Waals surface area contributed by atoms with Crippen molar-refractivity contribution >= 4 is 28.9 Å². The van der Waals surface area contributed by atoms with Crippen molar-refractivity contribution in [1.29, 1.82) is 0 Å². The number of aromatic nitrogens is 3. The van der Waals surface area contributed by atoms with E-state index in [2.05, 4.69) is 4.98 Å². The molecule has 0 spiro atoms. The third-order valence-electron chi connectivity index (χ3n) is 4.31. The topological polar surface area (TPSA) is 83.2 Å². The average Bonchev–Trinajstić information content (AvgIpc) is 3.07. The molecule has 164 valence electrons. The van der Waals surface area contributed by atoms with E-state index in [4.69, 9.17) is 16.3 Å². The highest BCUT2D eigenvalue weighted by molar-refractivity contribution is 7.17. The summed E-state index contributed by atoms with van der Waals surface area (Å²) in [5.74, 6) is -0.552. The van der Waals surface area contributed by atoms with E-state index in [-0.39, 0.29) is 22.2 Å². The predicted molar refractivity (Wildman–Crippen MR) is 109 cm³/mol. The summed E-state index contributed by atoms with van der Waals surface area (Å²) in [6.07, 6.45) is -4.86. The highest BCUT2D eigenvalue weighted by atomic mass is 35.5. The molecule has 0 aliphatic carbocycles. The van der Waals surface area contributed by atoms with Gasteiger partial charge in [0.15, 0.2) is 0 Å². The summed E-state index contributed by atoms with van der Waals surface area (Å²) in [4.78, 5) is 41.5. The number of hydrogen-bond acceptors (Lipinski definition) is 6. The molecular formula is C19H15ClF3N3O4S. The van der Waals surface area contributed by atoms with Crippen LogP contribution in [0.3, 0.4) is 0 Å². The van der Waals surface area contributed by atoms with Gasteiger partial charge < -0.3 is 4.74 Å². The van der Waals surface area contributed by atoms with E-state index in [1.807, 2.05) is 0 Å². The molecule has 0 unspecified atom stereocenters. The smallest absolute Gasteiger partial charge is 0.431 e. The van der Waals surface area contributed by atoms with Crippen molar-refractivity contribution in [2.45, 2.75) is 20.0 Å². The van der Waals surface area contributed by atoms with Crippen molar-refractivity contribution in [1.82, 2.24) is 14.1 Å². The fraction of sp³-hybridized carbons (Fsp3) is 0.263. The SMILES string of the molecule is CCOC(=O)c1sc(-c2cc(-n3c(=O)cc(C(F)(F)F)n(C)c3=O)ccc2Cl)nc1C. The Morgan fingerprint density at radius 3 is 2.55 bits per heavy atom. The first-order valence-corrected chi connectivity index (χ1v) is 10.00. The van der Waals surface area contributed by atoms with E-state index in [0.29, 0.717) is 31.5 Å². The zero-order valence-electron chi connectivity index (χ0n) is 16.4. The number of carbonyl (C=O) groups is 1. The molecule has 3 rings (SSSR count). The maximum absolute atomic E-state index is 13.1. The molecule has 0 atom stereocenters. The maximum atomic E-state index is 13.1. The van der Waals surface area contributed by atoms with Crippen molar-refractivity contribution < 1.29 is 22.7 Å². The zero-order chi connectivity index (χ0) is 23.1. The summed E-state index contributed by atoms with van der Waals surface area (Å²) < 4.78 is 45.1. The lowest BCUT2D eigenvalue weighted by Gasteiger charge is -2.14. The fourth-order valence-corrected chi connectivity index (χ4v) is 4.10. The number of carbonyl (C=O) groups excluding carboxylic acids is 1. The van der Waals surface area contributed by atoms with Gasteiger partial charge in [-0.3, -0.25) is 9.36 Å². The molecule has 0 bridgehead atoms. The molecule has 1 aromatic carbocycles. The zero-order valence-corrected chi connectivity index (χ0v) is 18.0. The lowest BCUT2D eigenvalue weighted by Crippen LogP contribution is -2.40. The van der Waals surface area contributed by atoms with Gasteiger partial charge in [0, 0.05) is 18.7 Å². The predicted octanol–water partition coefficient (Wildman–Crippen LogP) is 3.82. The van der Waals surface area contributed by atoms with Crippen LogP contribution in [0, 0.1) is 6.92 Å². The van der Waals surface area contributed by atoms with Crippen molar-refractivity contribution in [3.63, 3.8) is 0 Å². The van der Waals surface area contributed by atoms with Gasteiger partial charge >= 0.3 is 17.8 Å². The molecule has 2 aromatic heterocycles. The van der Waals surface area contributed by atoms with Crippen molar-refractivity contribution in [3.8, 4) is 16.3 Å². The fourth-order valence-electron chi connectivity index (χ4n) is 2.85. The first-order valence-electron chi connectivity index (χ1n) is 8.80. The molecule has 0 N–H and O–H groups in total. The molecule has 0 aliphatic rings. The summed E-state index contributed by atoms with van der Waals surface area (Å²) in [6.45, 7) is 3.46. The number of rotatable bonds is 4. The van der Waals surface area contributed by atoms with Crippen molar-refractivity contribution in [3.05, 3.63) is 66.4 Å². The highest BCUT2D eigenvalue weighted by Crippen LogP contribution is 2.34. The van der Waals surface area contributed by atoms with Gasteiger partial charge in [-0.05, 0) is 32.0 Å². The minimum Gasteiger partial charge on any atom is -0.462 e. The van der Waals surface area contributed by atoms with E-state index in [0.717, 1.165) is 18.4 Å². The second kappa shape index (κ2) is 8.31.